The summed E-state index contributed by atoms with van der Waals surface area (Å²) in [6.07, 6.45) is 3.56. The lowest BCUT2D eigenvalue weighted by Crippen LogP contribution is -1.95. The molecule has 6 aromatic heterocycles. The van der Waals surface area contributed by atoms with Crippen LogP contribution >= 0.6 is 0 Å². The predicted octanol–water partition coefficient (Wildman–Crippen LogP) is 4.38. The number of hydrogen-bond donors (Lipinski definition) is 0. The van der Waals surface area contributed by atoms with Crippen LogP contribution in [0.15, 0.2) is 73.1 Å². The summed E-state index contributed by atoms with van der Waals surface area (Å²) in [5, 5.41) is 2.28. The SMILES string of the molecule is c1cnc2nc3ccc4ccc5ccc6nc7ncccc7n6c5c4n3c2c1. The Balaban J connectivity index is 1.89. The molecule has 0 spiro atoms. The van der Waals surface area contributed by atoms with Gasteiger partial charge in [0.1, 0.15) is 11.3 Å². The van der Waals surface area contributed by atoms with Crippen molar-refractivity contribution in [3.8, 4) is 0 Å². The first-order chi connectivity index (χ1) is 13.9. The Morgan fingerprint density at radius 2 is 1.00 bits per heavy atom. The molecule has 1 aromatic carbocycles. The van der Waals surface area contributed by atoms with E-state index in [1.807, 2.05) is 24.3 Å². The van der Waals surface area contributed by atoms with Crippen LogP contribution in [0.4, 0.5) is 0 Å². The highest BCUT2D eigenvalue weighted by atomic mass is 15.1. The van der Waals surface area contributed by atoms with E-state index < -0.39 is 0 Å². The summed E-state index contributed by atoms with van der Waals surface area (Å²) >= 11 is 0. The number of hydrogen-bond acceptors (Lipinski definition) is 4. The van der Waals surface area contributed by atoms with Crippen molar-refractivity contribution in [3.63, 3.8) is 0 Å². The first kappa shape index (κ1) is 14.1. The van der Waals surface area contributed by atoms with Gasteiger partial charge in [0.15, 0.2) is 11.3 Å². The summed E-state index contributed by atoms with van der Waals surface area (Å²) in [5.41, 5.74) is 7.44. The minimum atomic E-state index is 0.747. The van der Waals surface area contributed by atoms with Crippen LogP contribution < -0.4 is 0 Å². The molecular weight excluding hydrogens is 348 g/mol. The minimum absolute atomic E-state index is 0.747. The van der Waals surface area contributed by atoms with Crippen molar-refractivity contribution in [1.82, 2.24) is 28.7 Å². The zero-order valence-corrected chi connectivity index (χ0v) is 14.6. The molecule has 0 radical (unpaired) electrons. The molecule has 0 bridgehead atoms. The van der Waals surface area contributed by atoms with E-state index in [0.717, 1.165) is 55.4 Å². The van der Waals surface area contributed by atoms with Gasteiger partial charge in [0.2, 0.25) is 0 Å². The zero-order valence-electron chi connectivity index (χ0n) is 14.6. The first-order valence-corrected chi connectivity index (χ1v) is 9.09. The Morgan fingerprint density at radius 1 is 0.536 bits per heavy atom. The lowest BCUT2D eigenvalue weighted by atomic mass is 10.1. The zero-order chi connectivity index (χ0) is 18.2. The van der Waals surface area contributed by atoms with Crippen molar-refractivity contribution in [3.05, 3.63) is 73.1 Å². The third-order valence-electron chi connectivity index (χ3n) is 5.40. The molecule has 0 amide bonds. The van der Waals surface area contributed by atoms with Gasteiger partial charge in [-0.3, -0.25) is 8.80 Å². The van der Waals surface area contributed by atoms with E-state index in [4.69, 9.17) is 9.97 Å². The third-order valence-corrected chi connectivity index (χ3v) is 5.40. The molecule has 6 heterocycles. The van der Waals surface area contributed by atoms with Crippen molar-refractivity contribution < 1.29 is 0 Å². The minimum Gasteiger partial charge on any atom is -0.288 e. The standard InChI is InChI=1S/C22H12N6/c1-3-15-21(23-11-1)25-17-9-7-13-5-6-14-8-10-18-26-22-16(4-2-12-24-22)28(18)20(14)19(13)27(15)17/h1-12H. The molecule has 28 heavy (non-hydrogen) atoms. The Labute approximate surface area is 157 Å². The van der Waals surface area contributed by atoms with Crippen molar-refractivity contribution >= 4 is 55.4 Å². The van der Waals surface area contributed by atoms with E-state index in [0.29, 0.717) is 0 Å². The largest absolute Gasteiger partial charge is 0.288 e. The molecule has 0 aliphatic heterocycles. The Kier molecular flexibility index (Phi) is 2.41. The molecular formula is C22H12N6. The number of imidazole rings is 2. The van der Waals surface area contributed by atoms with Gasteiger partial charge in [0.25, 0.3) is 0 Å². The topological polar surface area (TPSA) is 60.4 Å². The second-order valence-corrected chi connectivity index (χ2v) is 6.91. The van der Waals surface area contributed by atoms with Crippen LogP contribution in [-0.4, -0.2) is 28.7 Å². The average molecular weight is 360 g/mol. The van der Waals surface area contributed by atoms with Crippen molar-refractivity contribution in [2.75, 3.05) is 0 Å². The maximum atomic E-state index is 4.72. The van der Waals surface area contributed by atoms with Gasteiger partial charge in [-0.05, 0) is 48.5 Å². The lowest BCUT2D eigenvalue weighted by Gasteiger charge is -2.10. The first-order valence-electron chi connectivity index (χ1n) is 9.09. The summed E-state index contributed by atoms with van der Waals surface area (Å²) in [5.74, 6) is 0. The van der Waals surface area contributed by atoms with E-state index in [2.05, 4.69) is 55.2 Å². The molecule has 7 rings (SSSR count). The fraction of sp³-hybridized carbons (Fsp3) is 0. The van der Waals surface area contributed by atoms with Gasteiger partial charge in [-0.15, -0.1) is 0 Å². The summed E-state index contributed by atoms with van der Waals surface area (Å²) in [7, 11) is 0. The summed E-state index contributed by atoms with van der Waals surface area (Å²) in [4.78, 5) is 18.3. The number of fused-ring (bicyclic) bond motifs is 11. The second kappa shape index (κ2) is 4.80. The predicted molar refractivity (Wildman–Crippen MR) is 110 cm³/mol. The summed E-state index contributed by atoms with van der Waals surface area (Å²) < 4.78 is 4.39. The van der Waals surface area contributed by atoms with Gasteiger partial charge in [-0.1, -0.05) is 12.1 Å². The Hall–Kier alpha value is -4.06. The number of benzene rings is 1. The molecule has 7 aromatic rings. The normalized spacial score (nSPS) is 12.3. The maximum Gasteiger partial charge on any atom is 0.178 e. The summed E-state index contributed by atoms with van der Waals surface area (Å²) in [6.45, 7) is 0. The van der Waals surface area contributed by atoms with Crippen LogP contribution in [-0.2, 0) is 0 Å². The van der Waals surface area contributed by atoms with Crippen LogP contribution in [0.1, 0.15) is 0 Å². The van der Waals surface area contributed by atoms with E-state index in [1.54, 1.807) is 12.4 Å². The van der Waals surface area contributed by atoms with Gasteiger partial charge in [-0.25, -0.2) is 19.9 Å². The van der Waals surface area contributed by atoms with Crippen molar-refractivity contribution in [2.45, 2.75) is 0 Å². The molecule has 0 atom stereocenters. The molecule has 0 saturated heterocycles. The molecule has 0 aliphatic rings. The highest BCUT2D eigenvalue weighted by molar-refractivity contribution is 6.08. The van der Waals surface area contributed by atoms with Gasteiger partial charge in [0, 0.05) is 23.2 Å². The van der Waals surface area contributed by atoms with Gasteiger partial charge in [-0.2, -0.15) is 0 Å². The van der Waals surface area contributed by atoms with Gasteiger partial charge >= 0.3 is 0 Å². The van der Waals surface area contributed by atoms with Crippen molar-refractivity contribution in [1.29, 1.82) is 0 Å². The van der Waals surface area contributed by atoms with E-state index in [-0.39, 0.29) is 0 Å². The number of aromatic nitrogens is 6. The van der Waals surface area contributed by atoms with Crippen LogP contribution in [0.3, 0.4) is 0 Å². The van der Waals surface area contributed by atoms with Crippen LogP contribution in [0.5, 0.6) is 0 Å². The van der Waals surface area contributed by atoms with E-state index in [1.165, 1.54) is 0 Å². The van der Waals surface area contributed by atoms with Crippen LogP contribution in [0, 0.1) is 0 Å². The Morgan fingerprint density at radius 3 is 1.50 bits per heavy atom. The molecule has 0 N–H and O–H groups in total. The monoisotopic (exact) mass is 360 g/mol. The Bertz CT molecular complexity index is 1590. The van der Waals surface area contributed by atoms with E-state index in [9.17, 15) is 0 Å². The highest BCUT2D eigenvalue weighted by Crippen LogP contribution is 2.31. The quantitative estimate of drug-likeness (QED) is 0.377. The molecule has 6 nitrogen and oxygen atoms in total. The smallest absolute Gasteiger partial charge is 0.178 e. The molecule has 0 aliphatic carbocycles. The fourth-order valence-corrected chi connectivity index (χ4v) is 4.23. The summed E-state index contributed by atoms with van der Waals surface area (Å²) in [6, 6.07) is 20.7. The molecule has 6 heteroatoms. The molecule has 0 fully saturated rings. The molecule has 130 valence electrons. The van der Waals surface area contributed by atoms with Crippen molar-refractivity contribution in [2.24, 2.45) is 0 Å². The van der Waals surface area contributed by atoms with Gasteiger partial charge in [0.05, 0.1) is 22.1 Å². The lowest BCUT2D eigenvalue weighted by molar-refractivity contribution is 1.26. The molecule has 0 saturated carbocycles. The fourth-order valence-electron chi connectivity index (χ4n) is 4.23. The maximum absolute atomic E-state index is 4.72. The number of nitrogens with zero attached hydrogens (tertiary/aromatic N) is 6. The van der Waals surface area contributed by atoms with Crippen LogP contribution in [0.2, 0.25) is 0 Å². The van der Waals surface area contributed by atoms with Crippen LogP contribution in [0.25, 0.3) is 55.4 Å². The van der Waals surface area contributed by atoms with E-state index >= 15 is 0 Å². The number of rotatable bonds is 0. The third kappa shape index (κ3) is 1.63. The average Bonchev–Trinajstić information content (AvgIpc) is 3.31. The van der Waals surface area contributed by atoms with Gasteiger partial charge < -0.3 is 0 Å². The second-order valence-electron chi connectivity index (χ2n) is 6.91. The molecule has 0 unspecified atom stereocenters. The number of pyridine rings is 4. The highest BCUT2D eigenvalue weighted by Gasteiger charge is 2.15.